The van der Waals surface area contributed by atoms with E-state index in [0.29, 0.717) is 14.1 Å². The fraction of sp³-hybridized carbons (Fsp3) is 0.333. The number of nitrogens with one attached hydrogen (secondary N) is 3. The Morgan fingerprint density at radius 2 is 2.15 bits per heavy atom. The van der Waals surface area contributed by atoms with Gasteiger partial charge in [0.15, 0.2) is 4.77 Å². The summed E-state index contributed by atoms with van der Waals surface area (Å²) in [6.07, 6.45) is 2.05. The van der Waals surface area contributed by atoms with Crippen LogP contribution in [0.4, 0.5) is 5.69 Å². The lowest BCUT2D eigenvalue weighted by Gasteiger charge is -2.03. The lowest BCUT2D eigenvalue weighted by molar-refractivity contribution is 1.02. The van der Waals surface area contributed by atoms with E-state index < -0.39 is 0 Å². The molecule has 2 rings (SSSR count). The van der Waals surface area contributed by atoms with E-state index in [9.17, 15) is 0 Å². The van der Waals surface area contributed by atoms with Crippen LogP contribution in [0.5, 0.6) is 0 Å². The Balaban J connectivity index is 2.52. The molecule has 1 aromatic rings. The number of anilines is 1. The van der Waals surface area contributed by atoms with E-state index in [4.69, 9.17) is 24.4 Å². The molecule has 0 amide bonds. The van der Waals surface area contributed by atoms with Gasteiger partial charge in [-0.15, -0.1) is 11.8 Å². The summed E-state index contributed by atoms with van der Waals surface area (Å²) in [7, 11) is 0. The highest BCUT2D eigenvalue weighted by Gasteiger charge is 2.22. The molecular weight excluding hydrogens is 242 g/mol. The van der Waals surface area contributed by atoms with Crippen LogP contribution in [0.25, 0.3) is 0 Å². The van der Waals surface area contributed by atoms with Gasteiger partial charge in [0.05, 0.1) is 0 Å². The van der Waals surface area contributed by atoms with Crippen molar-refractivity contribution in [1.82, 2.24) is 9.97 Å². The first-order valence-electron chi connectivity index (χ1n) is 3.53. The van der Waals surface area contributed by atoms with Gasteiger partial charge in [-0.05, 0) is 18.5 Å². The summed E-state index contributed by atoms with van der Waals surface area (Å²) >= 11 is 13.6. The molecule has 0 radical (unpaired) electrons. The number of H-pyrrole nitrogens is 2. The molecule has 7 heteroatoms. The molecule has 0 saturated heterocycles. The van der Waals surface area contributed by atoms with E-state index in [1.54, 1.807) is 23.5 Å². The highest BCUT2D eigenvalue weighted by atomic mass is 32.2. The van der Waals surface area contributed by atoms with Crippen LogP contribution >= 0.6 is 48.0 Å². The van der Waals surface area contributed by atoms with Crippen LogP contribution in [0.3, 0.4) is 0 Å². The van der Waals surface area contributed by atoms with E-state index >= 15 is 0 Å². The second kappa shape index (κ2) is 3.64. The first kappa shape index (κ1) is 9.57. The van der Waals surface area contributed by atoms with Crippen LogP contribution in [-0.2, 0) is 0 Å². The Bertz CT molecular complexity index is 434. The van der Waals surface area contributed by atoms with Gasteiger partial charge in [-0.3, -0.25) is 0 Å². The molecule has 1 aromatic heterocycles. The fourth-order valence-electron chi connectivity index (χ4n) is 1.05. The van der Waals surface area contributed by atoms with Crippen LogP contribution in [-0.4, -0.2) is 20.9 Å². The van der Waals surface area contributed by atoms with Gasteiger partial charge in [0, 0.05) is 0 Å². The van der Waals surface area contributed by atoms with Crippen LogP contribution < -0.4 is 5.32 Å². The zero-order chi connectivity index (χ0) is 9.42. The van der Waals surface area contributed by atoms with Gasteiger partial charge in [0.1, 0.15) is 20.1 Å². The van der Waals surface area contributed by atoms with Crippen molar-refractivity contribution >= 4 is 53.6 Å². The lowest BCUT2D eigenvalue weighted by Crippen LogP contribution is -2.03. The maximum Gasteiger partial charge on any atom is 0.176 e. The van der Waals surface area contributed by atoms with Gasteiger partial charge in [-0.1, -0.05) is 24.0 Å². The molecule has 0 saturated carbocycles. The normalized spacial score (nSPS) is 19.6. The van der Waals surface area contributed by atoms with Crippen molar-refractivity contribution in [3.05, 3.63) is 9.41 Å². The molecule has 70 valence electrons. The third-order valence-electron chi connectivity index (χ3n) is 1.61. The molecule has 1 aliphatic rings. The smallest absolute Gasteiger partial charge is 0.176 e. The Morgan fingerprint density at radius 1 is 1.38 bits per heavy atom. The summed E-state index contributed by atoms with van der Waals surface area (Å²) in [5.41, 5.74) is 0.966. The Kier molecular flexibility index (Phi) is 2.68. The number of hydrogen-bond donors (Lipinski definition) is 3. The van der Waals surface area contributed by atoms with Crippen molar-refractivity contribution in [2.75, 3.05) is 11.6 Å². The predicted octanol–water partition coefficient (Wildman–Crippen LogP) is 2.97. The summed E-state index contributed by atoms with van der Waals surface area (Å²) in [6.45, 7) is 0. The van der Waals surface area contributed by atoms with E-state index in [1.807, 2.05) is 0 Å². The molecule has 0 aromatic carbocycles. The van der Waals surface area contributed by atoms with Crippen molar-refractivity contribution in [2.24, 2.45) is 0 Å². The number of rotatable bonds is 1. The molecular formula is C6H7N3S4. The zero-order valence-electron chi connectivity index (χ0n) is 6.71. The zero-order valence-corrected chi connectivity index (χ0v) is 9.98. The van der Waals surface area contributed by atoms with Gasteiger partial charge < -0.3 is 15.3 Å². The number of aromatic amines is 2. The second-order valence-electron chi connectivity index (χ2n) is 2.44. The monoisotopic (exact) mass is 249 g/mol. The Morgan fingerprint density at radius 3 is 2.85 bits per heavy atom. The summed E-state index contributed by atoms with van der Waals surface area (Å²) < 4.78 is 1.60. The van der Waals surface area contributed by atoms with E-state index in [0.717, 1.165) is 10.7 Å². The number of hydrogen-bond acceptors (Lipinski definition) is 5. The SMILES string of the molecule is CSC1Nc2c([nH]c(=S)[nH]c2=S)S1. The molecule has 0 fully saturated rings. The molecule has 1 atom stereocenters. The van der Waals surface area contributed by atoms with Crippen molar-refractivity contribution < 1.29 is 0 Å². The average molecular weight is 249 g/mol. The number of aromatic nitrogens is 2. The van der Waals surface area contributed by atoms with E-state index in [-0.39, 0.29) is 0 Å². The van der Waals surface area contributed by atoms with Gasteiger partial charge in [-0.25, -0.2) is 0 Å². The molecule has 3 N–H and O–H groups in total. The van der Waals surface area contributed by atoms with Crippen molar-refractivity contribution in [3.8, 4) is 0 Å². The molecule has 1 aliphatic heterocycles. The molecule has 0 bridgehead atoms. The summed E-state index contributed by atoms with van der Waals surface area (Å²) in [5.74, 6) is 0. The second-order valence-corrected chi connectivity index (χ2v) is 5.62. The minimum Gasteiger partial charge on any atom is -0.360 e. The lowest BCUT2D eigenvalue weighted by atomic mass is 10.5. The van der Waals surface area contributed by atoms with E-state index in [1.165, 1.54) is 0 Å². The number of fused-ring (bicyclic) bond motifs is 1. The Hall–Kier alpha value is 0.0200. The van der Waals surface area contributed by atoms with E-state index in [2.05, 4.69) is 21.5 Å². The highest BCUT2D eigenvalue weighted by Crippen LogP contribution is 2.40. The molecule has 0 aliphatic carbocycles. The first-order chi connectivity index (χ1) is 6.20. The summed E-state index contributed by atoms with van der Waals surface area (Å²) in [4.78, 5) is 5.98. The van der Waals surface area contributed by atoms with Gasteiger partial charge in [-0.2, -0.15) is 0 Å². The maximum atomic E-state index is 5.14. The Labute approximate surface area is 94.1 Å². The predicted molar refractivity (Wildman–Crippen MR) is 63.6 cm³/mol. The van der Waals surface area contributed by atoms with Gasteiger partial charge in [0.2, 0.25) is 0 Å². The third-order valence-corrected chi connectivity index (χ3v) is 4.41. The highest BCUT2D eigenvalue weighted by molar-refractivity contribution is 8.17. The molecule has 2 heterocycles. The molecule has 1 unspecified atom stereocenters. The van der Waals surface area contributed by atoms with Crippen LogP contribution in [0.15, 0.2) is 5.03 Å². The summed E-state index contributed by atoms with van der Waals surface area (Å²) in [5, 5.41) is 4.33. The molecule has 0 spiro atoms. The van der Waals surface area contributed by atoms with Crippen molar-refractivity contribution in [1.29, 1.82) is 0 Å². The van der Waals surface area contributed by atoms with Gasteiger partial charge >= 0.3 is 0 Å². The van der Waals surface area contributed by atoms with Crippen LogP contribution in [0, 0.1) is 9.41 Å². The van der Waals surface area contributed by atoms with Crippen LogP contribution in [0.1, 0.15) is 0 Å². The van der Waals surface area contributed by atoms with Crippen LogP contribution in [0.2, 0.25) is 0 Å². The minimum atomic E-state index is 0.332. The molecule has 3 nitrogen and oxygen atoms in total. The molecule has 13 heavy (non-hydrogen) atoms. The minimum absolute atomic E-state index is 0.332. The number of thioether (sulfide) groups is 2. The van der Waals surface area contributed by atoms with Gasteiger partial charge in [0.25, 0.3) is 0 Å². The quantitative estimate of drug-likeness (QED) is 0.527. The average Bonchev–Trinajstić information content (AvgIpc) is 2.47. The van der Waals surface area contributed by atoms with Crippen molar-refractivity contribution in [3.63, 3.8) is 0 Å². The topological polar surface area (TPSA) is 43.6 Å². The summed E-state index contributed by atoms with van der Waals surface area (Å²) in [6, 6.07) is 0. The first-order valence-corrected chi connectivity index (χ1v) is 6.51. The van der Waals surface area contributed by atoms with Crippen molar-refractivity contribution in [2.45, 2.75) is 9.73 Å². The third kappa shape index (κ3) is 1.78. The maximum absolute atomic E-state index is 5.14. The fourth-order valence-corrected chi connectivity index (χ4v) is 3.45. The largest absolute Gasteiger partial charge is 0.360 e. The standard InChI is InChI=1S/C6H7N3S4/c1-12-6-7-2-3(10)8-5(11)9-4(2)13-6/h6-7H,1H3,(H2,8,9,10,11).